The lowest BCUT2D eigenvalue weighted by molar-refractivity contribution is -0.140. The van der Waals surface area contributed by atoms with Crippen molar-refractivity contribution < 1.29 is 13.9 Å². The highest BCUT2D eigenvalue weighted by Crippen LogP contribution is 2.34. The first-order valence-corrected chi connectivity index (χ1v) is 8.35. The van der Waals surface area contributed by atoms with Crippen LogP contribution in [0.4, 0.5) is 4.39 Å². The van der Waals surface area contributed by atoms with Gasteiger partial charge >= 0.3 is 0 Å². The molecule has 116 valence electrons. The fourth-order valence-corrected chi connectivity index (χ4v) is 3.64. The number of halogens is 2. The molecule has 2 aliphatic heterocycles. The van der Waals surface area contributed by atoms with E-state index in [2.05, 4.69) is 21.2 Å². The number of benzene rings is 1. The summed E-state index contributed by atoms with van der Waals surface area (Å²) in [6.07, 6.45) is 3.91. The molecule has 2 aliphatic rings. The van der Waals surface area contributed by atoms with Gasteiger partial charge < -0.3 is 14.8 Å². The average molecular weight is 358 g/mol. The summed E-state index contributed by atoms with van der Waals surface area (Å²) in [5.41, 5.74) is 0.682. The molecule has 1 spiro atoms. The van der Waals surface area contributed by atoms with Gasteiger partial charge in [-0.2, -0.15) is 0 Å². The molecule has 0 amide bonds. The van der Waals surface area contributed by atoms with Crippen LogP contribution in [0.15, 0.2) is 22.7 Å². The highest BCUT2D eigenvalue weighted by atomic mass is 79.9. The second kappa shape index (κ2) is 6.73. The monoisotopic (exact) mass is 357 g/mol. The number of hydrogen-bond acceptors (Lipinski definition) is 3. The van der Waals surface area contributed by atoms with E-state index < -0.39 is 0 Å². The SMILES string of the molecule is Fc1ccc(Br)cc1CNC1CCOC2(CCOCC2)C1. The van der Waals surface area contributed by atoms with E-state index in [1.165, 1.54) is 6.07 Å². The van der Waals surface area contributed by atoms with E-state index in [0.29, 0.717) is 18.2 Å². The quantitative estimate of drug-likeness (QED) is 0.898. The fourth-order valence-electron chi connectivity index (χ4n) is 3.23. The first-order chi connectivity index (χ1) is 10.2. The Balaban J connectivity index is 1.58. The molecule has 2 fully saturated rings. The summed E-state index contributed by atoms with van der Waals surface area (Å²) >= 11 is 3.39. The van der Waals surface area contributed by atoms with Crippen molar-refractivity contribution in [1.82, 2.24) is 5.32 Å². The minimum absolute atomic E-state index is 0.0238. The highest BCUT2D eigenvalue weighted by Gasteiger charge is 2.38. The van der Waals surface area contributed by atoms with Crippen LogP contribution in [0.25, 0.3) is 0 Å². The second-order valence-corrected chi connectivity index (χ2v) is 6.87. The van der Waals surface area contributed by atoms with E-state index in [-0.39, 0.29) is 11.4 Å². The molecular weight excluding hydrogens is 337 g/mol. The largest absolute Gasteiger partial charge is 0.381 e. The van der Waals surface area contributed by atoms with Crippen LogP contribution < -0.4 is 5.32 Å². The van der Waals surface area contributed by atoms with Crippen molar-refractivity contribution >= 4 is 15.9 Å². The van der Waals surface area contributed by atoms with Crippen LogP contribution in [0.3, 0.4) is 0 Å². The molecule has 1 aromatic carbocycles. The summed E-state index contributed by atoms with van der Waals surface area (Å²) in [6, 6.07) is 5.46. The first kappa shape index (κ1) is 15.4. The Morgan fingerprint density at radius 2 is 2.10 bits per heavy atom. The summed E-state index contributed by atoms with van der Waals surface area (Å²) in [5, 5.41) is 3.50. The number of ether oxygens (including phenoxy) is 2. The molecule has 21 heavy (non-hydrogen) atoms. The summed E-state index contributed by atoms with van der Waals surface area (Å²) in [5.74, 6) is -0.154. The number of rotatable bonds is 3. The molecular formula is C16H21BrFNO2. The van der Waals surface area contributed by atoms with Crippen molar-refractivity contribution in [2.24, 2.45) is 0 Å². The van der Waals surface area contributed by atoms with Crippen molar-refractivity contribution in [2.45, 2.75) is 43.9 Å². The van der Waals surface area contributed by atoms with Crippen molar-refractivity contribution in [3.63, 3.8) is 0 Å². The summed E-state index contributed by atoms with van der Waals surface area (Å²) in [6.45, 7) is 2.90. The molecule has 0 aromatic heterocycles. The second-order valence-electron chi connectivity index (χ2n) is 5.95. The van der Waals surface area contributed by atoms with Crippen molar-refractivity contribution in [2.75, 3.05) is 19.8 Å². The lowest BCUT2D eigenvalue weighted by atomic mass is 9.84. The Morgan fingerprint density at radius 3 is 2.90 bits per heavy atom. The molecule has 0 radical (unpaired) electrons. The van der Waals surface area contributed by atoms with E-state index >= 15 is 0 Å². The predicted octanol–water partition coefficient (Wildman–Crippen LogP) is 3.41. The Morgan fingerprint density at radius 1 is 1.29 bits per heavy atom. The van der Waals surface area contributed by atoms with Gasteiger partial charge in [-0.25, -0.2) is 4.39 Å². The van der Waals surface area contributed by atoms with Crippen molar-refractivity contribution in [1.29, 1.82) is 0 Å². The Labute approximate surface area is 133 Å². The van der Waals surface area contributed by atoms with Gasteiger partial charge in [0.25, 0.3) is 0 Å². The zero-order valence-corrected chi connectivity index (χ0v) is 13.6. The molecule has 1 atom stereocenters. The third-order valence-corrected chi connectivity index (χ3v) is 4.98. The van der Waals surface area contributed by atoms with Gasteiger partial charge in [0, 0.05) is 42.4 Å². The van der Waals surface area contributed by atoms with Crippen LogP contribution in [-0.4, -0.2) is 31.5 Å². The lowest BCUT2D eigenvalue weighted by Gasteiger charge is -2.43. The minimum atomic E-state index is -0.154. The van der Waals surface area contributed by atoms with Crippen LogP contribution in [-0.2, 0) is 16.0 Å². The van der Waals surface area contributed by atoms with E-state index in [4.69, 9.17) is 9.47 Å². The van der Waals surface area contributed by atoms with Crippen LogP contribution in [0.1, 0.15) is 31.2 Å². The molecule has 2 saturated heterocycles. The fraction of sp³-hybridized carbons (Fsp3) is 0.625. The summed E-state index contributed by atoms with van der Waals surface area (Å²) in [4.78, 5) is 0. The van der Waals surface area contributed by atoms with Crippen molar-refractivity contribution in [3.05, 3.63) is 34.1 Å². The first-order valence-electron chi connectivity index (χ1n) is 7.56. The van der Waals surface area contributed by atoms with Gasteiger partial charge in [-0.3, -0.25) is 0 Å². The van der Waals surface area contributed by atoms with Gasteiger partial charge in [-0.05, 0) is 43.9 Å². The zero-order valence-electron chi connectivity index (χ0n) is 12.0. The molecule has 1 unspecified atom stereocenters. The molecule has 0 saturated carbocycles. The number of hydrogen-bond donors (Lipinski definition) is 1. The molecule has 2 heterocycles. The van der Waals surface area contributed by atoms with Gasteiger partial charge in [-0.1, -0.05) is 15.9 Å². The van der Waals surface area contributed by atoms with E-state index in [1.807, 2.05) is 6.07 Å². The third-order valence-electron chi connectivity index (χ3n) is 4.49. The smallest absolute Gasteiger partial charge is 0.127 e. The molecule has 1 aromatic rings. The van der Waals surface area contributed by atoms with Crippen LogP contribution in [0, 0.1) is 5.82 Å². The van der Waals surface area contributed by atoms with E-state index in [9.17, 15) is 4.39 Å². The maximum Gasteiger partial charge on any atom is 0.127 e. The maximum absolute atomic E-state index is 13.8. The van der Waals surface area contributed by atoms with Crippen LogP contribution in [0.2, 0.25) is 0 Å². The van der Waals surface area contributed by atoms with Gasteiger partial charge in [-0.15, -0.1) is 0 Å². The maximum atomic E-state index is 13.8. The lowest BCUT2D eigenvalue weighted by Crippen LogP contribution is -2.49. The predicted molar refractivity (Wildman–Crippen MR) is 82.7 cm³/mol. The third kappa shape index (κ3) is 3.83. The zero-order chi connectivity index (χ0) is 14.7. The molecule has 1 N–H and O–H groups in total. The average Bonchev–Trinajstić information content (AvgIpc) is 2.49. The van der Waals surface area contributed by atoms with Crippen LogP contribution >= 0.6 is 15.9 Å². The molecule has 0 bridgehead atoms. The van der Waals surface area contributed by atoms with Crippen LogP contribution in [0.5, 0.6) is 0 Å². The van der Waals surface area contributed by atoms with Crippen molar-refractivity contribution in [3.8, 4) is 0 Å². The minimum Gasteiger partial charge on any atom is -0.381 e. The van der Waals surface area contributed by atoms with E-state index in [0.717, 1.165) is 50.0 Å². The Hall–Kier alpha value is -0.490. The van der Waals surface area contributed by atoms with Gasteiger partial charge in [0.1, 0.15) is 5.82 Å². The van der Waals surface area contributed by atoms with Gasteiger partial charge in [0.05, 0.1) is 5.60 Å². The molecule has 3 rings (SSSR count). The highest BCUT2D eigenvalue weighted by molar-refractivity contribution is 9.10. The van der Waals surface area contributed by atoms with Gasteiger partial charge in [0.2, 0.25) is 0 Å². The van der Waals surface area contributed by atoms with Gasteiger partial charge in [0.15, 0.2) is 0 Å². The normalized spacial score (nSPS) is 25.1. The summed E-state index contributed by atoms with van der Waals surface area (Å²) in [7, 11) is 0. The molecule has 0 aliphatic carbocycles. The number of nitrogens with one attached hydrogen (secondary N) is 1. The Bertz CT molecular complexity index is 486. The molecule has 3 nitrogen and oxygen atoms in total. The topological polar surface area (TPSA) is 30.5 Å². The van der Waals surface area contributed by atoms with E-state index in [1.54, 1.807) is 6.07 Å². The molecule has 5 heteroatoms. The summed E-state index contributed by atoms with van der Waals surface area (Å²) < 4.78 is 26.1. The standard InChI is InChI=1S/C16H21BrFNO2/c17-13-1-2-15(18)12(9-13)11-19-14-3-6-21-16(10-14)4-7-20-8-5-16/h1-2,9,14,19H,3-8,10-11H2. The Kier molecular flexibility index (Phi) is 4.94.